The maximum atomic E-state index is 14.3. The van der Waals surface area contributed by atoms with Crippen LogP contribution in [0.15, 0.2) is 0 Å². The maximum absolute atomic E-state index is 14.3. The van der Waals surface area contributed by atoms with E-state index < -0.39 is 216 Å². The van der Waals surface area contributed by atoms with Gasteiger partial charge in [-0.15, -0.1) is 0 Å². The minimum Gasteiger partial charge on any atom is -0.394 e. The third kappa shape index (κ3) is 11.7. The highest BCUT2D eigenvalue weighted by atomic mass is 16.8. The molecule has 428 valence electrons. The van der Waals surface area contributed by atoms with E-state index in [4.69, 9.17) is 56.8 Å². The van der Waals surface area contributed by atoms with Crippen LogP contribution in [0.2, 0.25) is 0 Å². The Labute approximate surface area is 422 Å². The average molecular weight is 1080 g/mol. The molecule has 0 radical (unpaired) electrons. The van der Waals surface area contributed by atoms with Gasteiger partial charge in [-0.05, 0) is 0 Å². The predicted molar refractivity (Wildman–Crippen MR) is 230 cm³/mol. The Balaban J connectivity index is 1.24. The van der Waals surface area contributed by atoms with Crippen molar-refractivity contribution in [2.45, 2.75) is 184 Å². The number of likely N-dealkylation sites (N-methyl/N-ethyl adjacent to an activating group) is 2. The second-order valence-electron chi connectivity index (χ2n) is 21.6. The first kappa shape index (κ1) is 58.6. The van der Waals surface area contributed by atoms with E-state index >= 15 is 0 Å². The molecular weight excluding hydrogens is 1010 g/mol. The van der Waals surface area contributed by atoms with Gasteiger partial charge in [0.05, 0.1) is 54.6 Å². The van der Waals surface area contributed by atoms with Crippen molar-refractivity contribution in [3.8, 4) is 0 Å². The molecule has 31 nitrogen and oxygen atoms in total. The molecule has 16 N–H and O–H groups in total. The zero-order chi connectivity index (χ0) is 54.0. The first-order valence-electron chi connectivity index (χ1n) is 24.4. The van der Waals surface area contributed by atoms with E-state index in [2.05, 4.69) is 0 Å². The van der Waals surface area contributed by atoms with Gasteiger partial charge in [0.1, 0.15) is 173 Å². The van der Waals surface area contributed by atoms with Crippen LogP contribution in [0.25, 0.3) is 0 Å². The molecule has 0 aromatic carbocycles. The Bertz CT molecular complexity index is 1730. The molecule has 0 spiro atoms. The molecule has 12 saturated heterocycles. The number of hydrogen-bond donors (Lipinski definition) is 16. The number of ether oxygens (including phenoxy) is 12. The summed E-state index contributed by atoms with van der Waals surface area (Å²) < 4.78 is 71.1. The number of nitrogens with zero attached hydrogens (tertiary/aromatic N) is 2. The third-order valence-electron chi connectivity index (χ3n) is 14.9. The van der Waals surface area contributed by atoms with Gasteiger partial charge in [-0.1, -0.05) is 0 Å². The molecule has 74 heavy (non-hydrogen) atoms. The summed E-state index contributed by atoms with van der Waals surface area (Å²) in [4.78, 5) is 14.3. The van der Waals surface area contributed by atoms with Gasteiger partial charge in [-0.3, -0.25) is 4.79 Å². The number of rotatable bonds is 4. The summed E-state index contributed by atoms with van der Waals surface area (Å²) in [5.74, 6) is -0.439. The van der Waals surface area contributed by atoms with Gasteiger partial charge in [-0.2, -0.15) is 0 Å². The molecule has 12 aliphatic rings. The normalized spacial score (nSPS) is 53.5. The van der Waals surface area contributed by atoms with E-state index in [1.54, 1.807) is 28.2 Å². The van der Waals surface area contributed by atoms with Crippen molar-refractivity contribution in [2.24, 2.45) is 0 Å². The summed E-state index contributed by atoms with van der Waals surface area (Å²) in [6, 6.07) is 0. The fraction of sp³-hybridized carbons (Fsp3) is 0.977. The largest absolute Gasteiger partial charge is 0.394 e. The van der Waals surface area contributed by atoms with Crippen LogP contribution in [-0.4, -0.2) is 361 Å². The van der Waals surface area contributed by atoms with Gasteiger partial charge in [-0.25, -0.2) is 0 Å². The number of carbonyl (C=O) groups is 1. The standard InChI is InChI=1S/C43H74N2O29/c1-44(2)5-13(50)6-45(3,4)8-15-33-21(52)27(58)39(64-15)72-35-17(10-47)68-43(31(62)25(35)56)73-36-18(11-48)65-40(28(59)22(36)53)69-32-14(7-44)63-38(26(57)20(32)51)71-34-16(9-46)67-42(30(61)24(34)55)74-37-19(12-49)66-41(70-33)29(60)23(37)54/h14-43,46-49,51-62H,5-12H2,1-4H3/q+2/t14-,15-,16-,17-,18-,19-,20-,21-,22-,23-,24-,25-,26-,27-,28-,29-,30-,31-,32-,33-,34-,35-,36-,37-,38-,39-,40-,41-,42-,43-/m1/s1. The SMILES string of the molecule is C[N+]1(C)CC(=O)C[N+](C)(C)C[C@H]2O[C@@H]3O[C@H]4[C@H](O)[C@@H](O)[C@@H](O[C@H]5[C@H](O)[C@@H](O)[C@@H](O[C@H]6[C@H](O)[C@@H](O)[C@@H](O[C@H]7[C@H](O)[C@@H](O)[C@@H](O[C@H]8[C@H](O)[C@@H](O)[C@@H](O[C@H]2[C@H](O)[C@H]3O)O[C@@H]8CO)O[C@@H]7CO)O[C@@H]6C1)O[C@@H]5CO)O[C@@H]4CO. The highest BCUT2D eigenvalue weighted by Crippen LogP contribution is 2.39. The van der Waals surface area contributed by atoms with Crippen LogP contribution in [-0.2, 0) is 61.6 Å². The summed E-state index contributed by atoms with van der Waals surface area (Å²) in [5, 5.41) is 181. The van der Waals surface area contributed by atoms with Crippen LogP contribution in [0.3, 0.4) is 0 Å². The van der Waals surface area contributed by atoms with Crippen molar-refractivity contribution < 1.29 is 152 Å². The number of hydrogen-bond acceptors (Lipinski definition) is 29. The predicted octanol–water partition coefficient (Wildman–Crippen LogP) is -12.3. The minimum atomic E-state index is -2.14. The van der Waals surface area contributed by atoms with Crippen LogP contribution in [0.5, 0.6) is 0 Å². The van der Waals surface area contributed by atoms with E-state index in [9.17, 15) is 86.5 Å². The summed E-state index contributed by atoms with van der Waals surface area (Å²) in [6.45, 7) is -5.11. The van der Waals surface area contributed by atoms with Crippen molar-refractivity contribution in [3.63, 3.8) is 0 Å². The van der Waals surface area contributed by atoms with Gasteiger partial charge >= 0.3 is 0 Å². The highest BCUT2D eigenvalue weighted by molar-refractivity contribution is 5.80. The molecule has 0 unspecified atom stereocenters. The quantitative estimate of drug-likeness (QED) is 0.116. The molecule has 0 aromatic rings. The summed E-state index contributed by atoms with van der Waals surface area (Å²) in [7, 11) is 6.36. The lowest BCUT2D eigenvalue weighted by molar-refractivity contribution is -0.898. The van der Waals surface area contributed by atoms with Crippen LogP contribution in [0, 0.1) is 0 Å². The highest BCUT2D eigenvalue weighted by Gasteiger charge is 2.60. The molecule has 0 amide bonds. The Morgan fingerprint density at radius 3 is 0.757 bits per heavy atom. The number of aliphatic hydroxyl groups is 16. The molecule has 12 bridgehead atoms. The lowest BCUT2D eigenvalue weighted by atomic mass is 9.94. The molecular formula is C43H74N2O29+2. The fourth-order valence-electron chi connectivity index (χ4n) is 11.0. The van der Waals surface area contributed by atoms with Crippen molar-refractivity contribution >= 4 is 5.78 Å². The van der Waals surface area contributed by atoms with Crippen LogP contribution < -0.4 is 0 Å². The molecule has 0 aliphatic carbocycles. The number of fused-ring (bicyclic) bond motifs is 4. The summed E-state index contributed by atoms with van der Waals surface area (Å²) in [6.07, 6.45) is -57.5. The zero-order valence-electron chi connectivity index (χ0n) is 40.8. The molecule has 0 saturated carbocycles. The number of quaternary nitrogens is 2. The maximum Gasteiger partial charge on any atom is 0.240 e. The first-order chi connectivity index (χ1) is 34.8. The van der Waals surface area contributed by atoms with E-state index in [0.717, 1.165) is 0 Å². The number of Topliss-reactive ketones (excluding diaryl/α,β-unsaturated/α-hetero) is 1. The minimum absolute atomic E-state index is 0.282. The summed E-state index contributed by atoms with van der Waals surface area (Å²) >= 11 is 0. The monoisotopic (exact) mass is 1080 g/mol. The lowest BCUT2D eigenvalue weighted by Gasteiger charge is -2.51. The smallest absolute Gasteiger partial charge is 0.240 e. The molecule has 12 rings (SSSR count). The third-order valence-corrected chi connectivity index (χ3v) is 14.9. The molecule has 0 aromatic heterocycles. The second-order valence-corrected chi connectivity index (χ2v) is 21.6. The Hall–Kier alpha value is -1.53. The van der Waals surface area contributed by atoms with E-state index in [0.29, 0.717) is 0 Å². The molecule has 31 heteroatoms. The Morgan fingerprint density at radius 1 is 0.324 bits per heavy atom. The number of ketones is 1. The zero-order valence-corrected chi connectivity index (χ0v) is 40.8. The van der Waals surface area contributed by atoms with E-state index in [1.807, 2.05) is 0 Å². The van der Waals surface area contributed by atoms with Crippen LogP contribution in [0.4, 0.5) is 0 Å². The van der Waals surface area contributed by atoms with Gasteiger partial charge in [0.15, 0.2) is 37.7 Å². The Morgan fingerprint density at radius 2 is 0.527 bits per heavy atom. The van der Waals surface area contributed by atoms with Crippen LogP contribution >= 0.6 is 0 Å². The topological polar surface area (TPSA) is 452 Å². The van der Waals surface area contributed by atoms with E-state index in [-0.39, 0.29) is 35.1 Å². The fourth-order valence-corrected chi connectivity index (χ4v) is 11.0. The average Bonchev–Trinajstić information content (AvgIpc) is 3.34. The van der Waals surface area contributed by atoms with Gasteiger partial charge in [0, 0.05) is 0 Å². The number of aliphatic hydroxyl groups excluding tert-OH is 16. The van der Waals surface area contributed by atoms with Crippen molar-refractivity contribution in [1.82, 2.24) is 0 Å². The second kappa shape index (κ2) is 23.3. The van der Waals surface area contributed by atoms with Crippen LogP contribution in [0.1, 0.15) is 0 Å². The lowest BCUT2D eigenvalue weighted by Crippen LogP contribution is -2.69. The molecule has 12 aliphatic heterocycles. The summed E-state index contributed by atoms with van der Waals surface area (Å²) in [5.41, 5.74) is 0. The molecule has 30 atom stereocenters. The van der Waals surface area contributed by atoms with Crippen molar-refractivity contribution in [3.05, 3.63) is 0 Å². The van der Waals surface area contributed by atoms with E-state index in [1.165, 1.54) is 0 Å². The van der Waals surface area contributed by atoms with Crippen molar-refractivity contribution in [1.29, 1.82) is 0 Å². The van der Waals surface area contributed by atoms with Gasteiger partial charge < -0.3 is 148 Å². The molecule has 12 heterocycles. The Kier molecular flexibility index (Phi) is 18.4. The van der Waals surface area contributed by atoms with Gasteiger partial charge in [0.2, 0.25) is 5.78 Å². The van der Waals surface area contributed by atoms with Crippen molar-refractivity contribution in [2.75, 3.05) is 80.8 Å². The number of carbonyl (C=O) groups excluding carboxylic acids is 1. The first-order valence-corrected chi connectivity index (χ1v) is 24.4. The van der Waals surface area contributed by atoms with Gasteiger partial charge in [0.25, 0.3) is 0 Å². The molecule has 12 fully saturated rings.